The second kappa shape index (κ2) is 7.49. The van der Waals surface area contributed by atoms with Gasteiger partial charge in [-0.3, -0.25) is 0 Å². The SMILES string of the molecule is C[C@H]([NH2+]CC#Cc1ccccc1)[C@H](O)c1ccccc1. The van der Waals surface area contributed by atoms with Gasteiger partial charge in [-0.1, -0.05) is 54.5 Å². The molecule has 2 aromatic rings. The Morgan fingerprint density at radius 3 is 2.25 bits per heavy atom. The first-order chi connectivity index (χ1) is 9.77. The average Bonchev–Trinajstić information content (AvgIpc) is 2.52. The van der Waals surface area contributed by atoms with Crippen LogP contribution in [-0.2, 0) is 0 Å². The van der Waals surface area contributed by atoms with Gasteiger partial charge in [0.2, 0.25) is 0 Å². The van der Waals surface area contributed by atoms with Crippen LogP contribution < -0.4 is 5.32 Å². The number of nitrogens with two attached hydrogens (primary N) is 1. The lowest BCUT2D eigenvalue weighted by molar-refractivity contribution is -0.684. The summed E-state index contributed by atoms with van der Waals surface area (Å²) in [4.78, 5) is 0. The smallest absolute Gasteiger partial charge is 0.138 e. The molecule has 2 rings (SSSR count). The van der Waals surface area contributed by atoms with E-state index >= 15 is 0 Å². The molecule has 2 heteroatoms. The highest BCUT2D eigenvalue weighted by Gasteiger charge is 2.17. The van der Waals surface area contributed by atoms with Crippen LogP contribution in [-0.4, -0.2) is 17.7 Å². The first kappa shape index (κ1) is 14.3. The summed E-state index contributed by atoms with van der Waals surface area (Å²) in [5.74, 6) is 6.24. The van der Waals surface area contributed by atoms with Crippen LogP contribution in [0, 0.1) is 11.8 Å². The summed E-state index contributed by atoms with van der Waals surface area (Å²) in [5, 5.41) is 12.3. The molecule has 3 N–H and O–H groups in total. The maximum Gasteiger partial charge on any atom is 0.138 e. The van der Waals surface area contributed by atoms with Gasteiger partial charge >= 0.3 is 0 Å². The van der Waals surface area contributed by atoms with Crippen molar-refractivity contribution in [3.63, 3.8) is 0 Å². The maximum atomic E-state index is 10.2. The van der Waals surface area contributed by atoms with E-state index in [4.69, 9.17) is 0 Å². The highest BCUT2D eigenvalue weighted by Crippen LogP contribution is 2.13. The fraction of sp³-hybridized carbons (Fsp3) is 0.222. The van der Waals surface area contributed by atoms with Crippen LogP contribution in [0.3, 0.4) is 0 Å². The van der Waals surface area contributed by atoms with Crippen molar-refractivity contribution in [1.82, 2.24) is 0 Å². The summed E-state index contributed by atoms with van der Waals surface area (Å²) in [7, 11) is 0. The summed E-state index contributed by atoms with van der Waals surface area (Å²) >= 11 is 0. The van der Waals surface area contributed by atoms with Crippen LogP contribution in [0.1, 0.15) is 24.2 Å². The molecular formula is C18H20NO+. The number of benzene rings is 2. The van der Waals surface area contributed by atoms with Crippen molar-refractivity contribution in [1.29, 1.82) is 0 Å². The Morgan fingerprint density at radius 1 is 1.00 bits per heavy atom. The quantitative estimate of drug-likeness (QED) is 0.812. The molecule has 2 nitrogen and oxygen atoms in total. The van der Waals surface area contributed by atoms with E-state index in [2.05, 4.69) is 17.2 Å². The highest BCUT2D eigenvalue weighted by atomic mass is 16.3. The highest BCUT2D eigenvalue weighted by molar-refractivity contribution is 5.33. The molecule has 0 saturated carbocycles. The Hall–Kier alpha value is -2.08. The van der Waals surface area contributed by atoms with E-state index < -0.39 is 6.10 Å². The molecule has 0 saturated heterocycles. The molecule has 0 aliphatic heterocycles. The molecule has 0 heterocycles. The van der Waals surface area contributed by atoms with Crippen molar-refractivity contribution in [3.8, 4) is 11.8 Å². The summed E-state index contributed by atoms with van der Waals surface area (Å²) in [6.07, 6.45) is -0.463. The van der Waals surface area contributed by atoms with Gasteiger partial charge in [0.1, 0.15) is 18.7 Å². The predicted octanol–water partition coefficient (Wildman–Crippen LogP) is 1.72. The molecule has 0 unspecified atom stereocenters. The Kier molecular flexibility index (Phi) is 5.37. The zero-order valence-corrected chi connectivity index (χ0v) is 11.7. The van der Waals surface area contributed by atoms with Crippen molar-refractivity contribution in [3.05, 3.63) is 71.8 Å². The summed E-state index contributed by atoms with van der Waals surface area (Å²) in [5.41, 5.74) is 1.98. The lowest BCUT2D eigenvalue weighted by atomic mass is 10.0. The topological polar surface area (TPSA) is 36.8 Å². The number of hydrogen-bond donors (Lipinski definition) is 2. The van der Waals surface area contributed by atoms with Gasteiger partial charge < -0.3 is 10.4 Å². The zero-order valence-electron chi connectivity index (χ0n) is 11.7. The fourth-order valence-electron chi connectivity index (χ4n) is 2.00. The summed E-state index contributed by atoms with van der Waals surface area (Å²) < 4.78 is 0. The monoisotopic (exact) mass is 266 g/mol. The van der Waals surface area contributed by atoms with Gasteiger partial charge in [0.25, 0.3) is 0 Å². The predicted molar refractivity (Wildman–Crippen MR) is 81.0 cm³/mol. The van der Waals surface area contributed by atoms with Gasteiger partial charge in [0.05, 0.1) is 0 Å². The largest absolute Gasteiger partial charge is 0.382 e. The van der Waals surface area contributed by atoms with E-state index in [-0.39, 0.29) is 6.04 Å². The van der Waals surface area contributed by atoms with E-state index in [1.807, 2.05) is 67.6 Å². The summed E-state index contributed by atoms with van der Waals surface area (Å²) in [6.45, 7) is 2.70. The minimum absolute atomic E-state index is 0.0856. The Labute approximate surface area is 120 Å². The second-order valence-corrected chi connectivity index (χ2v) is 4.82. The third-order valence-electron chi connectivity index (χ3n) is 3.24. The maximum absolute atomic E-state index is 10.2. The Bertz CT molecular complexity index is 569. The van der Waals surface area contributed by atoms with Crippen molar-refractivity contribution < 1.29 is 10.4 Å². The van der Waals surface area contributed by atoms with Gasteiger partial charge in [-0.05, 0) is 30.5 Å². The first-order valence-electron chi connectivity index (χ1n) is 6.87. The molecule has 2 atom stereocenters. The molecule has 0 radical (unpaired) electrons. The molecule has 0 aliphatic rings. The minimum Gasteiger partial charge on any atom is -0.382 e. The number of aliphatic hydroxyl groups excluding tert-OH is 1. The number of aliphatic hydroxyl groups is 1. The van der Waals surface area contributed by atoms with E-state index in [0.29, 0.717) is 6.54 Å². The third kappa shape index (κ3) is 4.24. The standard InChI is InChI=1S/C18H19NO/c1-15(18(20)17-12-6-3-7-13-17)19-14-8-11-16-9-4-2-5-10-16/h2-7,9-10,12-13,15,18-20H,14H2,1H3/p+1/t15-,18-/m0/s1. The van der Waals surface area contributed by atoms with Gasteiger partial charge in [0, 0.05) is 5.56 Å². The summed E-state index contributed by atoms with van der Waals surface area (Å²) in [6, 6.07) is 19.8. The molecule has 0 spiro atoms. The van der Waals surface area contributed by atoms with Crippen molar-refractivity contribution >= 4 is 0 Å². The Balaban J connectivity index is 1.84. The molecule has 2 aromatic carbocycles. The number of quaternary nitrogens is 1. The van der Waals surface area contributed by atoms with Crippen LogP contribution in [0.25, 0.3) is 0 Å². The number of hydrogen-bond acceptors (Lipinski definition) is 1. The molecule has 0 aromatic heterocycles. The minimum atomic E-state index is -0.463. The van der Waals surface area contributed by atoms with E-state index in [1.165, 1.54) is 0 Å². The van der Waals surface area contributed by atoms with Gasteiger partial charge in [-0.2, -0.15) is 0 Å². The van der Waals surface area contributed by atoms with Crippen LogP contribution in [0.5, 0.6) is 0 Å². The van der Waals surface area contributed by atoms with Crippen molar-refractivity contribution in [2.45, 2.75) is 19.1 Å². The van der Waals surface area contributed by atoms with Crippen molar-refractivity contribution in [2.24, 2.45) is 0 Å². The molecule has 0 amide bonds. The van der Waals surface area contributed by atoms with Gasteiger partial charge in [-0.25, -0.2) is 0 Å². The fourth-order valence-corrected chi connectivity index (χ4v) is 2.00. The lowest BCUT2D eigenvalue weighted by Crippen LogP contribution is -2.90. The zero-order chi connectivity index (χ0) is 14.2. The third-order valence-corrected chi connectivity index (χ3v) is 3.24. The molecule has 0 bridgehead atoms. The average molecular weight is 266 g/mol. The molecular weight excluding hydrogens is 246 g/mol. The van der Waals surface area contributed by atoms with E-state index in [0.717, 1.165) is 11.1 Å². The molecule has 102 valence electrons. The van der Waals surface area contributed by atoms with Crippen LogP contribution in [0.2, 0.25) is 0 Å². The van der Waals surface area contributed by atoms with E-state index in [1.54, 1.807) is 0 Å². The molecule has 0 aliphatic carbocycles. The first-order valence-corrected chi connectivity index (χ1v) is 6.87. The van der Waals surface area contributed by atoms with Crippen LogP contribution >= 0.6 is 0 Å². The second-order valence-electron chi connectivity index (χ2n) is 4.82. The van der Waals surface area contributed by atoms with Gasteiger partial charge in [-0.15, -0.1) is 0 Å². The Morgan fingerprint density at radius 2 is 1.60 bits per heavy atom. The van der Waals surface area contributed by atoms with Crippen molar-refractivity contribution in [2.75, 3.05) is 6.54 Å². The van der Waals surface area contributed by atoms with Gasteiger partial charge in [0.15, 0.2) is 0 Å². The van der Waals surface area contributed by atoms with Crippen LogP contribution in [0.15, 0.2) is 60.7 Å². The number of rotatable bonds is 4. The lowest BCUT2D eigenvalue weighted by Gasteiger charge is -2.16. The molecule has 0 fully saturated rings. The normalized spacial score (nSPS) is 13.1. The molecule has 20 heavy (non-hydrogen) atoms. The van der Waals surface area contributed by atoms with Crippen LogP contribution in [0.4, 0.5) is 0 Å². The van der Waals surface area contributed by atoms with E-state index in [9.17, 15) is 5.11 Å².